The van der Waals surface area contributed by atoms with Crippen LogP contribution in [0.5, 0.6) is 0 Å². The van der Waals surface area contributed by atoms with Crippen LogP contribution in [0.4, 0.5) is 0 Å². The summed E-state index contributed by atoms with van der Waals surface area (Å²) in [7, 11) is -2.22. The summed E-state index contributed by atoms with van der Waals surface area (Å²) in [5, 5.41) is 3.89. The van der Waals surface area contributed by atoms with Crippen molar-refractivity contribution in [2.45, 2.75) is 17.7 Å². The quantitative estimate of drug-likeness (QED) is 0.447. The van der Waals surface area contributed by atoms with E-state index in [0.717, 1.165) is 5.56 Å². The highest BCUT2D eigenvalue weighted by Crippen LogP contribution is 2.15. The van der Waals surface area contributed by atoms with Crippen molar-refractivity contribution in [3.05, 3.63) is 60.2 Å². The maximum atomic E-state index is 12.0. The number of carbonyl (C=O) groups excluding carboxylic acids is 1. The third kappa shape index (κ3) is 4.78. The minimum atomic E-state index is -3.54. The summed E-state index contributed by atoms with van der Waals surface area (Å²) >= 11 is 0. The average molecular weight is 402 g/mol. The second kappa shape index (κ2) is 8.72. The summed E-state index contributed by atoms with van der Waals surface area (Å²) < 4.78 is 35.9. The lowest BCUT2D eigenvalue weighted by Gasteiger charge is -2.05. The van der Waals surface area contributed by atoms with Crippen molar-refractivity contribution in [2.75, 3.05) is 13.7 Å². The summed E-state index contributed by atoms with van der Waals surface area (Å²) in [5.41, 5.74) is 1.03. The Bertz CT molecular complexity index is 1030. The van der Waals surface area contributed by atoms with Crippen LogP contribution >= 0.6 is 0 Å². The second-order valence-corrected chi connectivity index (χ2v) is 7.61. The number of esters is 1. The molecule has 0 saturated carbocycles. The molecule has 9 nitrogen and oxygen atoms in total. The zero-order chi connectivity index (χ0) is 20.0. The molecule has 1 aromatic carbocycles. The van der Waals surface area contributed by atoms with E-state index in [1.54, 1.807) is 18.5 Å². The standard InChI is InChI=1S/C18H18N4O5S/c1-19-28(24,25)15-8-6-13(7-9-15)18(23)26-11-3-5-16-21-17(22-27-16)14-4-2-10-20-12-14/h2,4,6-10,12,19H,3,5,11H2,1H3. The van der Waals surface area contributed by atoms with E-state index in [2.05, 4.69) is 19.8 Å². The molecule has 0 aliphatic carbocycles. The van der Waals surface area contributed by atoms with Gasteiger partial charge in [-0.2, -0.15) is 4.98 Å². The first kappa shape index (κ1) is 19.6. The Balaban J connectivity index is 1.48. The predicted octanol–water partition coefficient (Wildman–Crippen LogP) is 1.83. The summed E-state index contributed by atoms with van der Waals surface area (Å²) in [6, 6.07) is 9.12. The van der Waals surface area contributed by atoms with Gasteiger partial charge in [-0.3, -0.25) is 4.98 Å². The van der Waals surface area contributed by atoms with E-state index >= 15 is 0 Å². The first-order chi connectivity index (χ1) is 13.5. The molecule has 0 aliphatic rings. The highest BCUT2D eigenvalue weighted by molar-refractivity contribution is 7.89. The molecule has 1 N–H and O–H groups in total. The van der Waals surface area contributed by atoms with Crippen LogP contribution in [0.3, 0.4) is 0 Å². The number of ether oxygens (including phenoxy) is 1. The van der Waals surface area contributed by atoms with Crippen LogP contribution in [0.25, 0.3) is 11.4 Å². The number of benzene rings is 1. The number of nitrogens with zero attached hydrogens (tertiary/aromatic N) is 3. The largest absolute Gasteiger partial charge is 0.462 e. The third-order valence-electron chi connectivity index (χ3n) is 3.83. The predicted molar refractivity (Wildman–Crippen MR) is 98.8 cm³/mol. The Morgan fingerprint density at radius 2 is 2.00 bits per heavy atom. The highest BCUT2D eigenvalue weighted by Gasteiger charge is 2.14. The number of sulfonamides is 1. The van der Waals surface area contributed by atoms with Crippen LogP contribution in [0.15, 0.2) is 58.2 Å². The molecule has 0 bridgehead atoms. The zero-order valence-electron chi connectivity index (χ0n) is 15.0. The molecule has 146 valence electrons. The number of aromatic nitrogens is 3. The molecule has 0 spiro atoms. The molecular formula is C18H18N4O5S. The van der Waals surface area contributed by atoms with E-state index in [4.69, 9.17) is 9.26 Å². The van der Waals surface area contributed by atoms with Crippen LogP contribution in [-0.2, 0) is 21.2 Å². The van der Waals surface area contributed by atoms with Gasteiger partial charge in [0.1, 0.15) is 0 Å². The molecule has 0 atom stereocenters. The van der Waals surface area contributed by atoms with Crippen molar-refractivity contribution < 1.29 is 22.5 Å². The van der Waals surface area contributed by atoms with Crippen LogP contribution in [0.2, 0.25) is 0 Å². The third-order valence-corrected chi connectivity index (χ3v) is 5.26. The number of hydrogen-bond acceptors (Lipinski definition) is 8. The molecule has 2 heterocycles. The molecule has 2 aromatic heterocycles. The van der Waals surface area contributed by atoms with Gasteiger partial charge in [-0.25, -0.2) is 17.9 Å². The summed E-state index contributed by atoms with van der Waals surface area (Å²) in [4.78, 5) is 20.4. The van der Waals surface area contributed by atoms with Crippen LogP contribution in [0, 0.1) is 0 Å². The van der Waals surface area contributed by atoms with Gasteiger partial charge in [-0.15, -0.1) is 0 Å². The van der Waals surface area contributed by atoms with Gasteiger partial charge in [0.2, 0.25) is 21.7 Å². The SMILES string of the molecule is CNS(=O)(=O)c1ccc(C(=O)OCCCc2nc(-c3cccnc3)no2)cc1. The number of aryl methyl sites for hydroxylation is 1. The minimum Gasteiger partial charge on any atom is -0.462 e. The molecule has 10 heteroatoms. The molecule has 0 radical (unpaired) electrons. The maximum absolute atomic E-state index is 12.0. The molecular weight excluding hydrogens is 384 g/mol. The van der Waals surface area contributed by atoms with E-state index in [1.807, 2.05) is 6.07 Å². The number of hydrogen-bond donors (Lipinski definition) is 1. The van der Waals surface area contributed by atoms with Crippen LogP contribution in [0.1, 0.15) is 22.7 Å². The van der Waals surface area contributed by atoms with Gasteiger partial charge in [-0.05, 0) is 49.9 Å². The Kier molecular flexibility index (Phi) is 6.12. The fourth-order valence-electron chi connectivity index (χ4n) is 2.33. The van der Waals surface area contributed by atoms with Gasteiger partial charge >= 0.3 is 5.97 Å². The van der Waals surface area contributed by atoms with E-state index in [9.17, 15) is 13.2 Å². The lowest BCUT2D eigenvalue weighted by molar-refractivity contribution is 0.0498. The van der Waals surface area contributed by atoms with Gasteiger partial charge in [0.05, 0.1) is 17.1 Å². The summed E-state index contributed by atoms with van der Waals surface area (Å²) in [6.07, 6.45) is 4.27. The second-order valence-electron chi connectivity index (χ2n) is 5.72. The van der Waals surface area contributed by atoms with Gasteiger partial charge in [-0.1, -0.05) is 5.16 Å². The number of nitrogens with one attached hydrogen (secondary N) is 1. The van der Waals surface area contributed by atoms with Crippen LogP contribution in [-0.4, -0.2) is 43.2 Å². The maximum Gasteiger partial charge on any atom is 0.338 e. The molecule has 28 heavy (non-hydrogen) atoms. The van der Waals surface area contributed by atoms with Crippen molar-refractivity contribution in [3.63, 3.8) is 0 Å². The Morgan fingerprint density at radius 3 is 2.68 bits per heavy atom. The lowest BCUT2D eigenvalue weighted by atomic mass is 10.2. The van der Waals surface area contributed by atoms with Gasteiger partial charge in [0.15, 0.2) is 0 Å². The van der Waals surface area contributed by atoms with E-state index < -0.39 is 16.0 Å². The van der Waals surface area contributed by atoms with Gasteiger partial charge in [0.25, 0.3) is 0 Å². The fraction of sp³-hybridized carbons (Fsp3) is 0.222. The smallest absolute Gasteiger partial charge is 0.338 e. The molecule has 0 fully saturated rings. The first-order valence-electron chi connectivity index (χ1n) is 8.43. The molecule has 0 unspecified atom stereocenters. The van der Waals surface area contributed by atoms with E-state index in [0.29, 0.717) is 24.6 Å². The van der Waals surface area contributed by atoms with Gasteiger partial charge < -0.3 is 9.26 Å². The van der Waals surface area contributed by atoms with Crippen molar-refractivity contribution in [1.82, 2.24) is 19.8 Å². The number of carbonyl (C=O) groups is 1. The topological polar surface area (TPSA) is 124 Å². The van der Waals surface area contributed by atoms with E-state index in [-0.39, 0.29) is 17.1 Å². The molecule has 0 amide bonds. The van der Waals surface area contributed by atoms with Crippen LogP contribution < -0.4 is 4.72 Å². The van der Waals surface area contributed by atoms with Crippen molar-refractivity contribution in [2.24, 2.45) is 0 Å². The number of rotatable bonds is 8. The van der Waals surface area contributed by atoms with Crippen molar-refractivity contribution in [3.8, 4) is 11.4 Å². The lowest BCUT2D eigenvalue weighted by Crippen LogP contribution is -2.18. The summed E-state index contributed by atoms with van der Waals surface area (Å²) in [5.74, 6) is 0.364. The molecule has 0 aliphatic heterocycles. The summed E-state index contributed by atoms with van der Waals surface area (Å²) in [6.45, 7) is 0.167. The Labute approximate surface area is 161 Å². The average Bonchev–Trinajstić information content (AvgIpc) is 3.21. The fourth-order valence-corrected chi connectivity index (χ4v) is 3.06. The first-order valence-corrected chi connectivity index (χ1v) is 9.91. The Hall–Kier alpha value is -3.11. The molecule has 3 aromatic rings. The highest BCUT2D eigenvalue weighted by atomic mass is 32.2. The van der Waals surface area contributed by atoms with Crippen molar-refractivity contribution in [1.29, 1.82) is 0 Å². The van der Waals surface area contributed by atoms with E-state index in [1.165, 1.54) is 31.3 Å². The minimum absolute atomic E-state index is 0.0763. The monoisotopic (exact) mass is 402 g/mol. The zero-order valence-corrected chi connectivity index (χ0v) is 15.8. The normalized spacial score (nSPS) is 11.3. The van der Waals surface area contributed by atoms with Crippen molar-refractivity contribution >= 4 is 16.0 Å². The Morgan fingerprint density at radius 1 is 1.21 bits per heavy atom. The molecule has 0 saturated heterocycles. The number of pyridine rings is 1. The molecule has 3 rings (SSSR count). The van der Waals surface area contributed by atoms with Gasteiger partial charge in [0, 0.05) is 24.4 Å².